The number of benzene rings is 1. The smallest absolute Gasteiger partial charge is 0.399 e. The summed E-state index contributed by atoms with van der Waals surface area (Å²) in [6, 6.07) is 3.32. The van der Waals surface area contributed by atoms with Crippen LogP contribution < -0.4 is 5.73 Å². The van der Waals surface area contributed by atoms with E-state index in [1.165, 1.54) is 6.07 Å². The molecule has 0 saturated carbocycles. The predicted molar refractivity (Wildman–Crippen MR) is 50.2 cm³/mol. The van der Waals surface area contributed by atoms with Gasteiger partial charge in [0.2, 0.25) is 0 Å². The van der Waals surface area contributed by atoms with Crippen molar-refractivity contribution in [2.24, 2.45) is 0 Å². The second kappa shape index (κ2) is 4.51. The van der Waals surface area contributed by atoms with Gasteiger partial charge in [-0.1, -0.05) is 0 Å². The van der Waals surface area contributed by atoms with E-state index in [4.69, 9.17) is 5.73 Å². The van der Waals surface area contributed by atoms with Gasteiger partial charge in [-0.2, -0.15) is 13.2 Å². The maximum Gasteiger partial charge on any atom is 0.416 e. The van der Waals surface area contributed by atoms with Crippen molar-refractivity contribution in [1.82, 2.24) is 0 Å². The number of nitrogen functional groups attached to an aromatic ring is 1. The molecule has 0 bridgehead atoms. The van der Waals surface area contributed by atoms with Crippen LogP contribution in [0.15, 0.2) is 18.2 Å². The molecule has 0 amide bonds. The maximum atomic E-state index is 12.3. The van der Waals surface area contributed by atoms with Gasteiger partial charge in [-0.25, -0.2) is 0 Å². The van der Waals surface area contributed by atoms with Crippen LogP contribution in [-0.4, -0.2) is 6.67 Å². The minimum absolute atomic E-state index is 0.0543. The predicted octanol–water partition coefficient (Wildman–Crippen LogP) is 3.19. The lowest BCUT2D eigenvalue weighted by Crippen LogP contribution is -2.06. The van der Waals surface area contributed by atoms with Gasteiger partial charge in [0.1, 0.15) is 0 Å². The first-order chi connectivity index (χ1) is 6.93. The Balaban J connectivity index is 2.95. The normalized spacial score (nSPS) is 11.7. The number of anilines is 1. The quantitative estimate of drug-likeness (QED) is 0.615. The van der Waals surface area contributed by atoms with Crippen molar-refractivity contribution in [3.05, 3.63) is 29.3 Å². The van der Waals surface area contributed by atoms with E-state index in [1.807, 2.05) is 0 Å². The molecule has 1 nitrogen and oxygen atoms in total. The number of alkyl halides is 4. The van der Waals surface area contributed by atoms with Crippen LogP contribution in [0.25, 0.3) is 0 Å². The Bertz CT molecular complexity index is 333. The Hall–Kier alpha value is -1.26. The summed E-state index contributed by atoms with van der Waals surface area (Å²) in [5, 5.41) is 0. The highest BCUT2D eigenvalue weighted by atomic mass is 19.4. The first kappa shape index (κ1) is 11.8. The molecule has 0 saturated heterocycles. The summed E-state index contributed by atoms with van der Waals surface area (Å²) in [5.41, 5.74) is 5.02. The van der Waals surface area contributed by atoms with Crippen molar-refractivity contribution in [3.8, 4) is 0 Å². The molecule has 1 aromatic carbocycles. The summed E-state index contributed by atoms with van der Waals surface area (Å²) in [7, 11) is 0. The molecule has 15 heavy (non-hydrogen) atoms. The van der Waals surface area contributed by atoms with Gasteiger partial charge in [0.05, 0.1) is 12.2 Å². The van der Waals surface area contributed by atoms with Crippen LogP contribution in [0.5, 0.6) is 0 Å². The number of halogens is 4. The average Bonchev–Trinajstić information content (AvgIpc) is 2.12. The minimum atomic E-state index is -4.40. The molecule has 0 aliphatic rings. The lowest BCUT2D eigenvalue weighted by Gasteiger charge is -2.09. The summed E-state index contributed by atoms with van der Waals surface area (Å²) in [5.74, 6) is 0. The van der Waals surface area contributed by atoms with Gasteiger partial charge in [0, 0.05) is 5.69 Å². The molecule has 0 atom stereocenters. The van der Waals surface area contributed by atoms with E-state index >= 15 is 0 Å². The molecule has 0 aliphatic carbocycles. The lowest BCUT2D eigenvalue weighted by atomic mass is 10.1. The SMILES string of the molecule is Nc1cc(CCCF)cc(C(F)(F)F)c1. The number of rotatable bonds is 3. The molecule has 0 heterocycles. The van der Waals surface area contributed by atoms with Crippen molar-refractivity contribution in [2.75, 3.05) is 12.4 Å². The second-order valence-corrected chi connectivity index (χ2v) is 3.25. The van der Waals surface area contributed by atoms with Crippen molar-refractivity contribution in [2.45, 2.75) is 19.0 Å². The Morgan fingerprint density at radius 3 is 2.33 bits per heavy atom. The molecule has 2 N–H and O–H groups in total. The molecular formula is C10H11F4N. The summed E-state index contributed by atoms with van der Waals surface area (Å²) >= 11 is 0. The fourth-order valence-corrected chi connectivity index (χ4v) is 1.30. The van der Waals surface area contributed by atoms with Gasteiger partial charge in [-0.05, 0) is 36.6 Å². The standard InChI is InChI=1S/C10H11F4N/c11-3-1-2-7-4-8(10(12,13)14)6-9(15)5-7/h4-6H,1-3,15H2. The molecule has 1 aromatic rings. The van der Waals surface area contributed by atoms with Crippen LogP contribution in [-0.2, 0) is 12.6 Å². The van der Waals surface area contributed by atoms with E-state index in [2.05, 4.69) is 0 Å². The van der Waals surface area contributed by atoms with Gasteiger partial charge < -0.3 is 5.73 Å². The first-order valence-electron chi connectivity index (χ1n) is 4.46. The molecule has 5 heteroatoms. The fraction of sp³-hybridized carbons (Fsp3) is 0.400. The Labute approximate surface area is 84.9 Å². The first-order valence-corrected chi connectivity index (χ1v) is 4.46. The highest BCUT2D eigenvalue weighted by Crippen LogP contribution is 2.31. The second-order valence-electron chi connectivity index (χ2n) is 3.25. The van der Waals surface area contributed by atoms with Gasteiger partial charge in [0.25, 0.3) is 0 Å². The van der Waals surface area contributed by atoms with Crippen molar-refractivity contribution >= 4 is 5.69 Å². The lowest BCUT2D eigenvalue weighted by molar-refractivity contribution is -0.137. The largest absolute Gasteiger partial charge is 0.416 e. The third-order valence-electron chi connectivity index (χ3n) is 1.94. The third kappa shape index (κ3) is 3.42. The topological polar surface area (TPSA) is 26.0 Å². The molecule has 0 radical (unpaired) electrons. The zero-order chi connectivity index (χ0) is 11.5. The van der Waals surface area contributed by atoms with Crippen molar-refractivity contribution in [3.63, 3.8) is 0 Å². The minimum Gasteiger partial charge on any atom is -0.399 e. The Kier molecular flexibility index (Phi) is 3.55. The molecule has 84 valence electrons. The van der Waals surface area contributed by atoms with Crippen LogP contribution in [0, 0.1) is 0 Å². The maximum absolute atomic E-state index is 12.3. The van der Waals surface area contributed by atoms with Gasteiger partial charge >= 0.3 is 6.18 Å². The zero-order valence-corrected chi connectivity index (χ0v) is 7.94. The monoisotopic (exact) mass is 221 g/mol. The number of hydrogen-bond acceptors (Lipinski definition) is 1. The average molecular weight is 221 g/mol. The fourth-order valence-electron chi connectivity index (χ4n) is 1.30. The third-order valence-corrected chi connectivity index (χ3v) is 1.94. The number of hydrogen-bond donors (Lipinski definition) is 1. The summed E-state index contributed by atoms with van der Waals surface area (Å²) in [6.07, 6.45) is -3.93. The van der Waals surface area contributed by atoms with Crippen LogP contribution in [0.3, 0.4) is 0 Å². The summed E-state index contributed by atoms with van der Waals surface area (Å²) in [4.78, 5) is 0. The van der Waals surface area contributed by atoms with Crippen molar-refractivity contribution in [1.29, 1.82) is 0 Å². The van der Waals surface area contributed by atoms with E-state index in [1.54, 1.807) is 0 Å². The van der Waals surface area contributed by atoms with Crippen LogP contribution in [0.2, 0.25) is 0 Å². The molecule has 0 aromatic heterocycles. The van der Waals surface area contributed by atoms with E-state index < -0.39 is 18.4 Å². The molecule has 0 aliphatic heterocycles. The van der Waals surface area contributed by atoms with Crippen LogP contribution in [0.4, 0.5) is 23.2 Å². The van der Waals surface area contributed by atoms with Crippen molar-refractivity contribution < 1.29 is 17.6 Å². The highest BCUT2D eigenvalue weighted by molar-refractivity contribution is 5.45. The number of aryl methyl sites for hydroxylation is 1. The zero-order valence-electron chi connectivity index (χ0n) is 7.94. The highest BCUT2D eigenvalue weighted by Gasteiger charge is 2.30. The summed E-state index contributed by atoms with van der Waals surface area (Å²) < 4.78 is 48.9. The van der Waals surface area contributed by atoms with E-state index in [9.17, 15) is 17.6 Å². The number of nitrogens with two attached hydrogens (primary N) is 1. The van der Waals surface area contributed by atoms with Crippen LogP contribution in [0.1, 0.15) is 17.5 Å². The van der Waals surface area contributed by atoms with Gasteiger partial charge in [0.15, 0.2) is 0 Å². The van der Waals surface area contributed by atoms with E-state index in [-0.39, 0.29) is 18.5 Å². The van der Waals surface area contributed by atoms with E-state index in [0.29, 0.717) is 5.56 Å². The van der Waals surface area contributed by atoms with E-state index in [0.717, 1.165) is 12.1 Å². The van der Waals surface area contributed by atoms with Crippen LogP contribution >= 0.6 is 0 Å². The molecule has 0 unspecified atom stereocenters. The summed E-state index contributed by atoms with van der Waals surface area (Å²) in [6.45, 7) is -0.545. The van der Waals surface area contributed by atoms with Gasteiger partial charge in [-0.3, -0.25) is 4.39 Å². The molecular weight excluding hydrogens is 210 g/mol. The molecule has 0 fully saturated rings. The van der Waals surface area contributed by atoms with Gasteiger partial charge in [-0.15, -0.1) is 0 Å². The Morgan fingerprint density at radius 1 is 1.13 bits per heavy atom. The Morgan fingerprint density at radius 2 is 1.80 bits per heavy atom. The molecule has 0 spiro atoms. The molecule has 1 rings (SSSR count).